The van der Waals surface area contributed by atoms with Gasteiger partial charge in [0.1, 0.15) is 19.0 Å². The number of hydrogen-bond donors (Lipinski definition) is 1. The van der Waals surface area contributed by atoms with Crippen molar-refractivity contribution < 1.29 is 19.0 Å². The number of nitrogens with one attached hydrogen (secondary N) is 1. The lowest BCUT2D eigenvalue weighted by atomic mass is 10.1. The number of fused-ring (bicyclic) bond motifs is 1. The molecule has 0 aliphatic rings. The van der Waals surface area contributed by atoms with Crippen LogP contribution in [0.25, 0.3) is 10.8 Å². The van der Waals surface area contributed by atoms with Crippen molar-refractivity contribution in [3.05, 3.63) is 138 Å². The Morgan fingerprint density at radius 1 is 0.750 bits per heavy atom. The number of rotatable bonds is 11. The zero-order valence-corrected chi connectivity index (χ0v) is 22.2. The molecule has 0 heterocycles. The fourth-order valence-corrected chi connectivity index (χ4v) is 4.27. The predicted molar refractivity (Wildman–Crippen MR) is 158 cm³/mol. The molecule has 0 saturated carbocycles. The minimum Gasteiger partial charge on any atom is -0.490 e. The second-order valence-electron chi connectivity index (χ2n) is 9.07. The Labute approximate surface area is 233 Å². The third-order valence-corrected chi connectivity index (χ3v) is 6.25. The van der Waals surface area contributed by atoms with Crippen molar-refractivity contribution in [1.29, 1.82) is 0 Å². The third-order valence-electron chi connectivity index (χ3n) is 6.25. The fraction of sp³-hybridized carbons (Fsp3) is 0.118. The van der Waals surface area contributed by atoms with Crippen molar-refractivity contribution in [2.24, 2.45) is 5.10 Å². The van der Waals surface area contributed by atoms with Gasteiger partial charge in [-0.25, -0.2) is 5.43 Å². The van der Waals surface area contributed by atoms with Gasteiger partial charge in [-0.3, -0.25) is 4.79 Å². The van der Waals surface area contributed by atoms with Crippen LogP contribution in [-0.2, 0) is 13.2 Å². The molecule has 0 aliphatic heterocycles. The Balaban J connectivity index is 1.19. The fourth-order valence-electron chi connectivity index (χ4n) is 4.27. The first kappa shape index (κ1) is 26.5. The quantitative estimate of drug-likeness (QED) is 0.145. The van der Waals surface area contributed by atoms with Gasteiger partial charge < -0.3 is 14.2 Å². The molecule has 5 aromatic carbocycles. The van der Waals surface area contributed by atoms with Gasteiger partial charge in [0.25, 0.3) is 5.91 Å². The second kappa shape index (κ2) is 13.1. The zero-order valence-electron chi connectivity index (χ0n) is 22.2. The molecule has 1 amide bonds. The lowest BCUT2D eigenvalue weighted by Crippen LogP contribution is -2.17. The third kappa shape index (κ3) is 6.85. The maximum atomic E-state index is 12.8. The molecule has 6 heteroatoms. The molecule has 0 spiro atoms. The summed E-state index contributed by atoms with van der Waals surface area (Å²) in [6.45, 7) is 3.19. The summed E-state index contributed by atoms with van der Waals surface area (Å²) in [5.41, 5.74) is 5.97. The van der Waals surface area contributed by atoms with Gasteiger partial charge in [0.2, 0.25) is 0 Å². The average molecular weight is 531 g/mol. The van der Waals surface area contributed by atoms with Crippen molar-refractivity contribution in [3.63, 3.8) is 0 Å². The van der Waals surface area contributed by atoms with Crippen LogP contribution >= 0.6 is 0 Å². The smallest absolute Gasteiger partial charge is 0.271 e. The van der Waals surface area contributed by atoms with Crippen LogP contribution in [0.15, 0.2) is 120 Å². The number of nitrogens with zero attached hydrogens (tertiary/aromatic N) is 1. The van der Waals surface area contributed by atoms with Crippen LogP contribution in [0.4, 0.5) is 0 Å². The number of hydrogen-bond acceptors (Lipinski definition) is 5. The zero-order chi connectivity index (χ0) is 27.6. The Kier molecular flexibility index (Phi) is 8.69. The minimum atomic E-state index is -0.352. The molecule has 0 fully saturated rings. The van der Waals surface area contributed by atoms with Gasteiger partial charge >= 0.3 is 0 Å². The summed E-state index contributed by atoms with van der Waals surface area (Å²) >= 11 is 0. The molecule has 0 atom stereocenters. The highest BCUT2D eigenvalue weighted by Crippen LogP contribution is 2.29. The van der Waals surface area contributed by atoms with E-state index in [1.54, 1.807) is 24.4 Å². The van der Waals surface area contributed by atoms with Crippen molar-refractivity contribution in [2.75, 3.05) is 6.61 Å². The number of carbonyl (C=O) groups excluding carboxylic acids is 1. The molecule has 0 aliphatic carbocycles. The van der Waals surface area contributed by atoms with E-state index in [0.717, 1.165) is 22.4 Å². The van der Waals surface area contributed by atoms with Crippen molar-refractivity contribution in [2.45, 2.75) is 20.1 Å². The Morgan fingerprint density at radius 2 is 1.55 bits per heavy atom. The van der Waals surface area contributed by atoms with Gasteiger partial charge in [0, 0.05) is 5.56 Å². The summed E-state index contributed by atoms with van der Waals surface area (Å²) in [7, 11) is 0. The van der Waals surface area contributed by atoms with Crippen LogP contribution in [0.2, 0.25) is 0 Å². The van der Waals surface area contributed by atoms with Crippen LogP contribution in [-0.4, -0.2) is 18.7 Å². The molecule has 5 rings (SSSR count). The van der Waals surface area contributed by atoms with E-state index in [0.29, 0.717) is 36.9 Å². The molecule has 0 unspecified atom stereocenters. The Morgan fingerprint density at radius 3 is 2.42 bits per heavy atom. The minimum absolute atomic E-state index is 0.352. The summed E-state index contributed by atoms with van der Waals surface area (Å²) in [4.78, 5) is 12.8. The maximum Gasteiger partial charge on any atom is 0.271 e. The van der Waals surface area contributed by atoms with E-state index in [1.165, 1.54) is 10.8 Å². The summed E-state index contributed by atoms with van der Waals surface area (Å²) in [6, 6.07) is 37.0. The first-order valence-electron chi connectivity index (χ1n) is 13.2. The molecule has 0 saturated heterocycles. The highest BCUT2D eigenvalue weighted by Gasteiger charge is 2.12. The van der Waals surface area contributed by atoms with Gasteiger partial charge in [0.15, 0.2) is 11.5 Å². The van der Waals surface area contributed by atoms with Crippen LogP contribution in [0.3, 0.4) is 0 Å². The number of hydrazone groups is 1. The van der Waals surface area contributed by atoms with Gasteiger partial charge in [-0.2, -0.15) is 5.10 Å². The molecule has 200 valence electrons. The van der Waals surface area contributed by atoms with Gasteiger partial charge in [-0.1, -0.05) is 84.9 Å². The average Bonchev–Trinajstić information content (AvgIpc) is 3.00. The molecule has 0 aromatic heterocycles. The standard InChI is InChI=1S/C34H30N2O4/c1-2-38-33-21-28(18-19-32(33)40-23-25-10-4-3-5-11-25)34(37)36-35-22-26-12-8-16-30(20-26)39-24-29-15-9-14-27-13-6-7-17-31(27)29/h3-22H,2,23-24H2,1H3,(H,36,37)/b35-22+. The van der Waals surface area contributed by atoms with E-state index in [2.05, 4.69) is 34.8 Å². The molecule has 0 radical (unpaired) electrons. The van der Waals surface area contributed by atoms with E-state index in [-0.39, 0.29) is 5.91 Å². The number of ether oxygens (including phenoxy) is 3. The monoisotopic (exact) mass is 530 g/mol. The maximum absolute atomic E-state index is 12.8. The Bertz CT molecular complexity index is 1610. The first-order valence-corrected chi connectivity index (χ1v) is 13.2. The van der Waals surface area contributed by atoms with Gasteiger partial charge in [0.05, 0.1) is 12.8 Å². The van der Waals surface area contributed by atoms with Crippen LogP contribution < -0.4 is 19.6 Å². The van der Waals surface area contributed by atoms with E-state index in [9.17, 15) is 4.79 Å². The van der Waals surface area contributed by atoms with Crippen LogP contribution in [0.5, 0.6) is 17.2 Å². The topological polar surface area (TPSA) is 69.2 Å². The molecule has 1 N–H and O–H groups in total. The normalized spacial score (nSPS) is 10.9. The first-order chi connectivity index (χ1) is 19.7. The number of benzene rings is 5. The largest absolute Gasteiger partial charge is 0.490 e. The number of carbonyl (C=O) groups is 1. The van der Waals surface area contributed by atoms with E-state index >= 15 is 0 Å². The van der Waals surface area contributed by atoms with Crippen molar-refractivity contribution in [3.8, 4) is 17.2 Å². The van der Waals surface area contributed by atoms with Crippen LogP contribution in [0, 0.1) is 0 Å². The SMILES string of the molecule is CCOc1cc(C(=O)N/N=C/c2cccc(OCc3cccc4ccccc34)c2)ccc1OCc1ccccc1. The van der Waals surface area contributed by atoms with Gasteiger partial charge in [-0.05, 0) is 64.7 Å². The lowest BCUT2D eigenvalue weighted by Gasteiger charge is -2.13. The molecule has 5 aromatic rings. The van der Waals surface area contributed by atoms with Crippen molar-refractivity contribution >= 4 is 22.9 Å². The highest BCUT2D eigenvalue weighted by molar-refractivity contribution is 5.95. The summed E-state index contributed by atoms with van der Waals surface area (Å²) in [5.74, 6) is 1.45. The summed E-state index contributed by atoms with van der Waals surface area (Å²) in [6.07, 6.45) is 1.59. The molecule has 6 nitrogen and oxygen atoms in total. The Hall–Kier alpha value is -5.10. The van der Waals surface area contributed by atoms with E-state index in [4.69, 9.17) is 14.2 Å². The predicted octanol–water partition coefficient (Wildman–Crippen LogP) is 7.16. The van der Waals surface area contributed by atoms with E-state index < -0.39 is 0 Å². The van der Waals surface area contributed by atoms with Gasteiger partial charge in [-0.15, -0.1) is 0 Å². The van der Waals surface area contributed by atoms with Crippen LogP contribution in [0.1, 0.15) is 34.0 Å². The second-order valence-corrected chi connectivity index (χ2v) is 9.07. The van der Waals surface area contributed by atoms with Crippen molar-refractivity contribution in [1.82, 2.24) is 5.43 Å². The highest BCUT2D eigenvalue weighted by atomic mass is 16.5. The molecule has 0 bridgehead atoms. The summed E-state index contributed by atoms with van der Waals surface area (Å²) < 4.78 is 17.7. The molecule has 40 heavy (non-hydrogen) atoms. The number of amides is 1. The molecular weight excluding hydrogens is 500 g/mol. The molecular formula is C34H30N2O4. The lowest BCUT2D eigenvalue weighted by molar-refractivity contribution is 0.0954. The van der Waals surface area contributed by atoms with E-state index in [1.807, 2.05) is 79.7 Å². The summed E-state index contributed by atoms with van der Waals surface area (Å²) in [5, 5.41) is 6.50.